The Balaban J connectivity index is 1.37. The number of piperidine rings is 1. The van der Waals surface area contributed by atoms with Crippen LogP contribution in [-0.4, -0.2) is 43.0 Å². The Morgan fingerprint density at radius 3 is 2.81 bits per heavy atom. The Kier molecular flexibility index (Phi) is 4.84. The van der Waals surface area contributed by atoms with Gasteiger partial charge in [0, 0.05) is 30.5 Å². The van der Waals surface area contributed by atoms with Crippen LogP contribution in [0.5, 0.6) is 0 Å². The van der Waals surface area contributed by atoms with E-state index < -0.39 is 0 Å². The predicted octanol–water partition coefficient (Wildman–Crippen LogP) is 3.20. The minimum atomic E-state index is 0.604. The Morgan fingerprint density at radius 2 is 2.04 bits per heavy atom. The van der Waals surface area contributed by atoms with Crippen molar-refractivity contribution in [2.24, 2.45) is 5.92 Å². The zero-order chi connectivity index (χ0) is 17.9. The minimum Gasteiger partial charge on any atom is -0.345 e. The molecule has 0 spiro atoms. The second-order valence-corrected chi connectivity index (χ2v) is 7.45. The van der Waals surface area contributed by atoms with E-state index in [1.165, 1.54) is 18.4 Å². The summed E-state index contributed by atoms with van der Waals surface area (Å²) >= 11 is 0. The molecule has 3 aromatic rings. The van der Waals surface area contributed by atoms with E-state index in [-0.39, 0.29) is 0 Å². The fourth-order valence-corrected chi connectivity index (χ4v) is 3.71. The van der Waals surface area contributed by atoms with Gasteiger partial charge in [-0.2, -0.15) is 0 Å². The van der Waals surface area contributed by atoms with E-state index >= 15 is 0 Å². The second kappa shape index (κ2) is 7.41. The molecule has 26 heavy (non-hydrogen) atoms. The summed E-state index contributed by atoms with van der Waals surface area (Å²) < 4.78 is 2.00. The molecule has 1 N–H and O–H groups in total. The molecule has 1 aliphatic heterocycles. The normalized spacial score (nSPS) is 18.3. The van der Waals surface area contributed by atoms with Crippen molar-refractivity contribution in [3.63, 3.8) is 0 Å². The molecular formula is C20H26N6. The lowest BCUT2D eigenvalue weighted by molar-refractivity contribution is 0.150. The molecule has 4 rings (SSSR count). The number of rotatable bonds is 5. The van der Waals surface area contributed by atoms with Crippen LogP contribution in [0.25, 0.3) is 11.3 Å². The first-order chi connectivity index (χ1) is 12.7. The number of aryl methyl sites for hydroxylation is 2. The highest BCUT2D eigenvalue weighted by Crippen LogP contribution is 2.21. The summed E-state index contributed by atoms with van der Waals surface area (Å²) in [6, 6.07) is 8.45. The molecule has 6 nitrogen and oxygen atoms in total. The number of imidazole rings is 1. The van der Waals surface area contributed by atoms with E-state index in [1.54, 1.807) is 0 Å². The fourth-order valence-electron chi connectivity index (χ4n) is 3.71. The minimum absolute atomic E-state index is 0.604. The molecule has 0 amide bonds. The summed E-state index contributed by atoms with van der Waals surface area (Å²) in [5.74, 6) is 1.66. The number of nitrogens with zero attached hydrogens (tertiary/aromatic N) is 5. The van der Waals surface area contributed by atoms with Crippen LogP contribution in [0.4, 0.5) is 0 Å². The Hall–Kier alpha value is -2.47. The molecule has 1 unspecified atom stereocenters. The first-order valence-corrected chi connectivity index (χ1v) is 9.36. The van der Waals surface area contributed by atoms with Gasteiger partial charge in [-0.3, -0.25) is 9.58 Å². The van der Waals surface area contributed by atoms with Crippen molar-refractivity contribution < 1.29 is 0 Å². The lowest BCUT2D eigenvalue weighted by Gasteiger charge is -2.31. The van der Waals surface area contributed by atoms with Crippen molar-refractivity contribution >= 4 is 0 Å². The fraction of sp³-hybridized carbons (Fsp3) is 0.450. The summed E-state index contributed by atoms with van der Waals surface area (Å²) in [5.41, 5.74) is 4.46. The van der Waals surface area contributed by atoms with Gasteiger partial charge in [0.2, 0.25) is 0 Å². The van der Waals surface area contributed by atoms with Gasteiger partial charge < -0.3 is 4.98 Å². The van der Waals surface area contributed by atoms with Crippen LogP contribution in [0.2, 0.25) is 0 Å². The molecule has 1 aliphatic rings. The first kappa shape index (κ1) is 17.0. The van der Waals surface area contributed by atoms with Crippen LogP contribution in [0.15, 0.2) is 36.7 Å². The zero-order valence-corrected chi connectivity index (χ0v) is 15.5. The van der Waals surface area contributed by atoms with Gasteiger partial charge in [-0.15, -0.1) is 5.10 Å². The second-order valence-electron chi connectivity index (χ2n) is 7.45. The van der Waals surface area contributed by atoms with Gasteiger partial charge >= 0.3 is 0 Å². The lowest BCUT2D eigenvalue weighted by Crippen LogP contribution is -2.36. The molecule has 1 aromatic carbocycles. The summed E-state index contributed by atoms with van der Waals surface area (Å²) in [7, 11) is 0. The quantitative estimate of drug-likeness (QED) is 0.767. The van der Waals surface area contributed by atoms with Gasteiger partial charge in [0.15, 0.2) is 0 Å². The van der Waals surface area contributed by atoms with Crippen LogP contribution in [0.3, 0.4) is 0 Å². The number of H-pyrrole nitrogens is 1. The Morgan fingerprint density at radius 1 is 1.19 bits per heavy atom. The standard InChI is InChI=1S/C20H26N6/c1-15-5-7-18(8-6-15)19-13-26(24-23-19)12-17-4-3-9-25(11-17)14-20-21-10-16(2)22-20/h5-8,10,13,17H,3-4,9,11-12,14H2,1-2H3,(H,21,22). The Labute approximate surface area is 154 Å². The molecule has 6 heteroatoms. The van der Waals surface area contributed by atoms with E-state index in [4.69, 9.17) is 0 Å². The SMILES string of the molecule is Cc1ccc(-c2cn(CC3CCCN(Cc4ncc(C)[nH]4)C3)nn2)cc1. The Bertz CT molecular complexity index is 847. The van der Waals surface area contributed by atoms with Gasteiger partial charge in [-0.1, -0.05) is 35.0 Å². The number of hydrogen-bond acceptors (Lipinski definition) is 4. The summed E-state index contributed by atoms with van der Waals surface area (Å²) in [6.07, 6.45) is 6.44. The number of aromatic amines is 1. The molecule has 0 aliphatic carbocycles. The number of nitrogens with one attached hydrogen (secondary N) is 1. The maximum atomic E-state index is 4.44. The lowest BCUT2D eigenvalue weighted by atomic mass is 9.98. The van der Waals surface area contributed by atoms with Gasteiger partial charge in [-0.05, 0) is 39.2 Å². The molecule has 3 heterocycles. The molecule has 1 fully saturated rings. The summed E-state index contributed by atoms with van der Waals surface area (Å²) in [6.45, 7) is 8.19. The van der Waals surface area contributed by atoms with Crippen LogP contribution in [-0.2, 0) is 13.1 Å². The van der Waals surface area contributed by atoms with Crippen LogP contribution in [0.1, 0.15) is 29.9 Å². The smallest absolute Gasteiger partial charge is 0.120 e. The highest BCUT2D eigenvalue weighted by Gasteiger charge is 2.21. The van der Waals surface area contributed by atoms with Gasteiger partial charge in [0.1, 0.15) is 11.5 Å². The predicted molar refractivity (Wildman–Crippen MR) is 102 cm³/mol. The molecule has 2 aromatic heterocycles. The summed E-state index contributed by atoms with van der Waals surface area (Å²) in [4.78, 5) is 10.3. The van der Waals surface area contributed by atoms with Crippen molar-refractivity contribution in [3.05, 3.63) is 53.7 Å². The van der Waals surface area contributed by atoms with Crippen LogP contribution >= 0.6 is 0 Å². The van der Waals surface area contributed by atoms with Crippen molar-refractivity contribution in [1.29, 1.82) is 0 Å². The van der Waals surface area contributed by atoms with Crippen molar-refractivity contribution in [2.75, 3.05) is 13.1 Å². The summed E-state index contributed by atoms with van der Waals surface area (Å²) in [5, 5.41) is 8.71. The third-order valence-electron chi connectivity index (χ3n) is 5.06. The van der Waals surface area contributed by atoms with Gasteiger partial charge in [0.25, 0.3) is 0 Å². The van der Waals surface area contributed by atoms with Gasteiger partial charge in [-0.25, -0.2) is 4.98 Å². The van der Waals surface area contributed by atoms with Crippen molar-refractivity contribution in [2.45, 2.75) is 39.8 Å². The molecule has 136 valence electrons. The van der Waals surface area contributed by atoms with E-state index in [9.17, 15) is 0 Å². The molecule has 0 radical (unpaired) electrons. The molecule has 1 atom stereocenters. The average Bonchev–Trinajstić information content (AvgIpc) is 3.25. The topological polar surface area (TPSA) is 62.6 Å². The number of benzene rings is 1. The maximum absolute atomic E-state index is 4.44. The van der Waals surface area contributed by atoms with E-state index in [2.05, 4.69) is 62.6 Å². The monoisotopic (exact) mass is 350 g/mol. The number of hydrogen-bond donors (Lipinski definition) is 1. The van der Waals surface area contributed by atoms with Crippen molar-refractivity contribution in [3.8, 4) is 11.3 Å². The highest BCUT2D eigenvalue weighted by molar-refractivity contribution is 5.57. The van der Waals surface area contributed by atoms with E-state index in [0.29, 0.717) is 5.92 Å². The average molecular weight is 350 g/mol. The third kappa shape index (κ3) is 4.02. The largest absolute Gasteiger partial charge is 0.345 e. The molecular weight excluding hydrogens is 324 g/mol. The van der Waals surface area contributed by atoms with Crippen LogP contribution in [0, 0.1) is 19.8 Å². The molecule has 0 bridgehead atoms. The maximum Gasteiger partial charge on any atom is 0.120 e. The number of aromatic nitrogens is 5. The highest BCUT2D eigenvalue weighted by atomic mass is 15.4. The number of likely N-dealkylation sites (tertiary alicyclic amines) is 1. The molecule has 0 saturated carbocycles. The van der Waals surface area contributed by atoms with Crippen LogP contribution < -0.4 is 0 Å². The van der Waals surface area contributed by atoms with Crippen molar-refractivity contribution in [1.82, 2.24) is 29.9 Å². The molecule has 1 saturated heterocycles. The third-order valence-corrected chi connectivity index (χ3v) is 5.06. The van der Waals surface area contributed by atoms with E-state index in [0.717, 1.165) is 49.0 Å². The zero-order valence-electron chi connectivity index (χ0n) is 15.5. The van der Waals surface area contributed by atoms with Gasteiger partial charge in [0.05, 0.1) is 12.7 Å². The first-order valence-electron chi connectivity index (χ1n) is 9.36. The van der Waals surface area contributed by atoms with E-state index in [1.807, 2.05) is 17.8 Å².